The highest BCUT2D eigenvalue weighted by Gasteiger charge is 2.07. The Balaban J connectivity index is 1.90. The van der Waals surface area contributed by atoms with Crippen LogP contribution in [-0.4, -0.2) is 26.7 Å². The van der Waals surface area contributed by atoms with E-state index in [0.717, 1.165) is 5.56 Å². The summed E-state index contributed by atoms with van der Waals surface area (Å²) in [5, 5.41) is 2.80. The van der Waals surface area contributed by atoms with E-state index >= 15 is 0 Å². The minimum absolute atomic E-state index is 0.222. The minimum atomic E-state index is -0.359. The maximum absolute atomic E-state index is 12.8. The van der Waals surface area contributed by atoms with Gasteiger partial charge in [-0.3, -0.25) is 4.79 Å². The quantitative estimate of drug-likeness (QED) is 0.892. The lowest BCUT2D eigenvalue weighted by Gasteiger charge is -2.10. The van der Waals surface area contributed by atoms with Gasteiger partial charge < -0.3 is 14.8 Å². The predicted octanol–water partition coefficient (Wildman–Crippen LogP) is 2.82. The van der Waals surface area contributed by atoms with Crippen molar-refractivity contribution in [2.75, 3.05) is 20.8 Å². The Labute approximate surface area is 128 Å². The summed E-state index contributed by atoms with van der Waals surface area (Å²) >= 11 is 0. The lowest BCUT2D eigenvalue weighted by molar-refractivity contribution is 0.0954. The van der Waals surface area contributed by atoms with Crippen molar-refractivity contribution in [1.29, 1.82) is 0 Å². The Hall–Kier alpha value is -2.56. The van der Waals surface area contributed by atoms with Crippen LogP contribution in [0.1, 0.15) is 15.9 Å². The number of hydrogen-bond donors (Lipinski definition) is 1. The SMILES string of the molecule is COc1ccc(CCNC(=O)c2ccc(F)cc2)cc1OC. The van der Waals surface area contributed by atoms with E-state index in [-0.39, 0.29) is 11.7 Å². The summed E-state index contributed by atoms with van der Waals surface area (Å²) in [5.74, 6) is 0.744. The summed E-state index contributed by atoms with van der Waals surface area (Å²) in [7, 11) is 3.17. The van der Waals surface area contributed by atoms with Crippen LogP contribution >= 0.6 is 0 Å². The molecule has 2 aromatic carbocycles. The Kier molecular flexibility index (Phi) is 5.36. The number of carbonyl (C=O) groups excluding carboxylic acids is 1. The number of rotatable bonds is 6. The van der Waals surface area contributed by atoms with Crippen molar-refractivity contribution >= 4 is 5.91 Å². The summed E-state index contributed by atoms with van der Waals surface area (Å²) in [6.07, 6.45) is 0.660. The van der Waals surface area contributed by atoms with Crippen LogP contribution in [0.2, 0.25) is 0 Å². The van der Waals surface area contributed by atoms with Crippen LogP contribution in [0.5, 0.6) is 11.5 Å². The lowest BCUT2D eigenvalue weighted by atomic mass is 10.1. The molecule has 0 aliphatic carbocycles. The number of benzene rings is 2. The molecular formula is C17H18FNO3. The Morgan fingerprint density at radius 1 is 1.05 bits per heavy atom. The average molecular weight is 303 g/mol. The summed E-state index contributed by atoms with van der Waals surface area (Å²) in [4.78, 5) is 11.9. The van der Waals surface area contributed by atoms with Gasteiger partial charge in [0, 0.05) is 12.1 Å². The van der Waals surface area contributed by atoms with Gasteiger partial charge in [-0.05, 0) is 48.4 Å². The van der Waals surface area contributed by atoms with E-state index < -0.39 is 0 Å². The highest BCUT2D eigenvalue weighted by atomic mass is 19.1. The van der Waals surface area contributed by atoms with Crippen molar-refractivity contribution in [2.45, 2.75) is 6.42 Å². The van der Waals surface area contributed by atoms with E-state index in [1.54, 1.807) is 14.2 Å². The number of carbonyl (C=O) groups is 1. The van der Waals surface area contributed by atoms with Crippen molar-refractivity contribution in [1.82, 2.24) is 5.32 Å². The molecule has 1 N–H and O–H groups in total. The standard InChI is InChI=1S/C17H18FNO3/c1-21-15-8-3-12(11-16(15)22-2)9-10-19-17(20)13-4-6-14(18)7-5-13/h3-8,11H,9-10H2,1-2H3,(H,19,20). The van der Waals surface area contributed by atoms with Crippen LogP contribution < -0.4 is 14.8 Å². The van der Waals surface area contributed by atoms with Gasteiger partial charge in [-0.1, -0.05) is 6.07 Å². The first kappa shape index (κ1) is 15.8. The highest BCUT2D eigenvalue weighted by Crippen LogP contribution is 2.27. The van der Waals surface area contributed by atoms with Gasteiger partial charge in [0.05, 0.1) is 14.2 Å². The second-order valence-corrected chi connectivity index (χ2v) is 4.70. The van der Waals surface area contributed by atoms with Crippen LogP contribution in [-0.2, 0) is 6.42 Å². The summed E-state index contributed by atoms with van der Waals surface area (Å²) in [6, 6.07) is 11.1. The fourth-order valence-electron chi connectivity index (χ4n) is 2.06. The van der Waals surface area contributed by atoms with E-state index in [1.165, 1.54) is 24.3 Å². The summed E-state index contributed by atoms with van der Waals surface area (Å²) < 4.78 is 23.2. The summed E-state index contributed by atoms with van der Waals surface area (Å²) in [5.41, 5.74) is 1.46. The zero-order valence-corrected chi connectivity index (χ0v) is 12.6. The molecular weight excluding hydrogens is 285 g/mol. The molecule has 0 spiro atoms. The molecule has 1 amide bonds. The molecule has 0 unspecified atom stereocenters. The van der Waals surface area contributed by atoms with Gasteiger partial charge in [-0.15, -0.1) is 0 Å². The highest BCUT2D eigenvalue weighted by molar-refractivity contribution is 5.94. The van der Waals surface area contributed by atoms with Gasteiger partial charge in [0.15, 0.2) is 11.5 Å². The molecule has 0 saturated heterocycles. The Bertz CT molecular complexity index is 641. The second-order valence-electron chi connectivity index (χ2n) is 4.70. The molecule has 4 nitrogen and oxygen atoms in total. The number of nitrogens with one attached hydrogen (secondary N) is 1. The third-order valence-corrected chi connectivity index (χ3v) is 3.25. The minimum Gasteiger partial charge on any atom is -0.493 e. The first-order chi connectivity index (χ1) is 10.6. The predicted molar refractivity (Wildman–Crippen MR) is 82.0 cm³/mol. The van der Waals surface area contributed by atoms with Crippen molar-refractivity contribution in [3.8, 4) is 11.5 Å². The zero-order chi connectivity index (χ0) is 15.9. The third-order valence-electron chi connectivity index (χ3n) is 3.25. The van der Waals surface area contributed by atoms with Crippen molar-refractivity contribution < 1.29 is 18.7 Å². The van der Waals surface area contributed by atoms with Crippen molar-refractivity contribution in [2.24, 2.45) is 0 Å². The smallest absolute Gasteiger partial charge is 0.251 e. The van der Waals surface area contributed by atoms with Gasteiger partial charge in [0.2, 0.25) is 0 Å². The normalized spacial score (nSPS) is 10.1. The number of ether oxygens (including phenoxy) is 2. The first-order valence-corrected chi connectivity index (χ1v) is 6.88. The zero-order valence-electron chi connectivity index (χ0n) is 12.6. The number of methoxy groups -OCH3 is 2. The van der Waals surface area contributed by atoms with Crippen LogP contribution in [0.4, 0.5) is 4.39 Å². The molecule has 0 saturated carbocycles. The molecule has 0 heterocycles. The van der Waals surface area contributed by atoms with E-state index in [9.17, 15) is 9.18 Å². The maximum Gasteiger partial charge on any atom is 0.251 e. The number of halogens is 1. The topological polar surface area (TPSA) is 47.6 Å². The van der Waals surface area contributed by atoms with Gasteiger partial charge >= 0.3 is 0 Å². The molecule has 0 radical (unpaired) electrons. The molecule has 2 rings (SSSR count). The molecule has 0 atom stereocenters. The van der Waals surface area contributed by atoms with Gasteiger partial charge in [-0.2, -0.15) is 0 Å². The molecule has 0 bridgehead atoms. The van der Waals surface area contributed by atoms with Crippen LogP contribution in [0.15, 0.2) is 42.5 Å². The Morgan fingerprint density at radius 2 is 1.73 bits per heavy atom. The van der Waals surface area contributed by atoms with Gasteiger partial charge in [0.1, 0.15) is 5.82 Å². The molecule has 2 aromatic rings. The van der Waals surface area contributed by atoms with Gasteiger partial charge in [-0.25, -0.2) is 4.39 Å². The van der Waals surface area contributed by atoms with Crippen LogP contribution in [0, 0.1) is 5.82 Å². The molecule has 116 valence electrons. The fourth-order valence-corrected chi connectivity index (χ4v) is 2.06. The third kappa shape index (κ3) is 3.97. The van der Waals surface area contributed by atoms with E-state index in [0.29, 0.717) is 30.0 Å². The monoisotopic (exact) mass is 303 g/mol. The molecule has 0 fully saturated rings. The molecule has 22 heavy (non-hydrogen) atoms. The first-order valence-electron chi connectivity index (χ1n) is 6.88. The molecule has 0 aliphatic rings. The fraction of sp³-hybridized carbons (Fsp3) is 0.235. The van der Waals surface area contributed by atoms with E-state index in [4.69, 9.17) is 9.47 Å². The Morgan fingerprint density at radius 3 is 2.36 bits per heavy atom. The largest absolute Gasteiger partial charge is 0.493 e. The maximum atomic E-state index is 12.8. The molecule has 0 aliphatic heterocycles. The van der Waals surface area contributed by atoms with Gasteiger partial charge in [0.25, 0.3) is 5.91 Å². The molecule has 5 heteroatoms. The van der Waals surface area contributed by atoms with E-state index in [1.807, 2.05) is 18.2 Å². The van der Waals surface area contributed by atoms with Crippen molar-refractivity contribution in [3.63, 3.8) is 0 Å². The number of hydrogen-bond acceptors (Lipinski definition) is 3. The summed E-state index contributed by atoms with van der Waals surface area (Å²) in [6.45, 7) is 0.478. The molecule has 0 aromatic heterocycles. The second kappa shape index (κ2) is 7.45. The number of amides is 1. The van der Waals surface area contributed by atoms with Crippen LogP contribution in [0.25, 0.3) is 0 Å². The van der Waals surface area contributed by atoms with Crippen LogP contribution in [0.3, 0.4) is 0 Å². The van der Waals surface area contributed by atoms with E-state index in [2.05, 4.69) is 5.32 Å². The lowest BCUT2D eigenvalue weighted by Crippen LogP contribution is -2.25. The van der Waals surface area contributed by atoms with Crippen molar-refractivity contribution in [3.05, 3.63) is 59.4 Å². The average Bonchev–Trinajstić information content (AvgIpc) is 2.55.